The third kappa shape index (κ3) is 7.02. The molecule has 0 atom stereocenters. The highest BCUT2D eigenvalue weighted by molar-refractivity contribution is 7.87. The van der Waals surface area contributed by atoms with Gasteiger partial charge in [0.15, 0.2) is 11.6 Å². The first kappa shape index (κ1) is 26.2. The van der Waals surface area contributed by atoms with Gasteiger partial charge in [0.1, 0.15) is 16.5 Å². The van der Waals surface area contributed by atoms with Crippen molar-refractivity contribution >= 4 is 16.0 Å². The van der Waals surface area contributed by atoms with Gasteiger partial charge in [0, 0.05) is 25.1 Å². The number of nitrogens with zero attached hydrogens (tertiary/aromatic N) is 1. The van der Waals surface area contributed by atoms with E-state index in [-0.39, 0.29) is 53.5 Å². The molecule has 0 bridgehead atoms. The predicted molar refractivity (Wildman–Crippen MR) is 127 cm³/mol. The molecule has 0 aromatic heterocycles. The van der Waals surface area contributed by atoms with Crippen molar-refractivity contribution in [2.45, 2.75) is 38.3 Å². The minimum absolute atomic E-state index is 0.0187. The molecule has 0 saturated carbocycles. The summed E-state index contributed by atoms with van der Waals surface area (Å²) >= 11 is 0. The van der Waals surface area contributed by atoms with Crippen LogP contribution < -0.4 is 8.92 Å². The van der Waals surface area contributed by atoms with Crippen LogP contribution >= 0.6 is 0 Å². The molecule has 3 aromatic rings. The Hall–Kier alpha value is -3.46. The van der Waals surface area contributed by atoms with E-state index in [1.807, 2.05) is 13.8 Å². The average molecular weight is 504 g/mol. The maximum Gasteiger partial charge on any atom is 0.339 e. The van der Waals surface area contributed by atoms with Crippen LogP contribution in [0, 0.1) is 17.6 Å². The summed E-state index contributed by atoms with van der Waals surface area (Å²) in [6.45, 7) is 4.11. The van der Waals surface area contributed by atoms with Crippen LogP contribution in [0.15, 0.2) is 71.6 Å². The molecule has 1 amide bonds. The molecular formula is C26H27F2NO5S. The quantitative estimate of drug-likeness (QED) is 0.351. The molecule has 0 heterocycles. The van der Waals surface area contributed by atoms with Crippen LogP contribution in [-0.2, 0) is 28.0 Å². The number of hydrogen-bond acceptors (Lipinski definition) is 5. The van der Waals surface area contributed by atoms with Gasteiger partial charge in [-0.2, -0.15) is 8.42 Å². The topological polar surface area (TPSA) is 72.9 Å². The van der Waals surface area contributed by atoms with E-state index < -0.39 is 15.9 Å². The zero-order valence-electron chi connectivity index (χ0n) is 19.7. The molecule has 0 aliphatic heterocycles. The summed E-state index contributed by atoms with van der Waals surface area (Å²) in [5.41, 5.74) is 1.17. The Morgan fingerprint density at radius 3 is 2.26 bits per heavy atom. The van der Waals surface area contributed by atoms with Crippen LogP contribution in [0.1, 0.15) is 31.4 Å². The Kier molecular flexibility index (Phi) is 8.45. The Morgan fingerprint density at radius 1 is 0.943 bits per heavy atom. The molecule has 0 fully saturated rings. The number of amides is 1. The number of rotatable bonds is 10. The van der Waals surface area contributed by atoms with Crippen molar-refractivity contribution in [1.29, 1.82) is 0 Å². The largest absolute Gasteiger partial charge is 0.494 e. The zero-order chi connectivity index (χ0) is 25.6. The lowest BCUT2D eigenvalue weighted by molar-refractivity contribution is -0.133. The fourth-order valence-electron chi connectivity index (χ4n) is 3.41. The second-order valence-corrected chi connectivity index (χ2v) is 9.96. The van der Waals surface area contributed by atoms with Crippen LogP contribution in [0.2, 0.25) is 0 Å². The maximum absolute atomic E-state index is 14.1. The zero-order valence-corrected chi connectivity index (χ0v) is 20.5. The fourth-order valence-corrected chi connectivity index (χ4v) is 4.39. The molecule has 3 rings (SSSR count). The van der Waals surface area contributed by atoms with Crippen LogP contribution in [-0.4, -0.2) is 26.3 Å². The van der Waals surface area contributed by atoms with Gasteiger partial charge in [0.2, 0.25) is 5.91 Å². The van der Waals surface area contributed by atoms with E-state index in [1.54, 1.807) is 35.2 Å². The summed E-state index contributed by atoms with van der Waals surface area (Å²) in [5, 5.41) is 0. The molecule has 3 aromatic carbocycles. The number of ether oxygens (including phenoxy) is 1. The van der Waals surface area contributed by atoms with Gasteiger partial charge in [0.05, 0.1) is 7.11 Å². The summed E-state index contributed by atoms with van der Waals surface area (Å²) in [7, 11) is -3.09. The van der Waals surface area contributed by atoms with Crippen LogP contribution in [0.4, 0.5) is 8.78 Å². The summed E-state index contributed by atoms with van der Waals surface area (Å²) < 4.78 is 63.3. The molecule has 0 saturated heterocycles. The summed E-state index contributed by atoms with van der Waals surface area (Å²) in [5.74, 6) is -1.33. The van der Waals surface area contributed by atoms with Crippen molar-refractivity contribution in [2.75, 3.05) is 7.11 Å². The van der Waals surface area contributed by atoms with E-state index in [0.717, 1.165) is 11.6 Å². The first-order valence-electron chi connectivity index (χ1n) is 11.0. The van der Waals surface area contributed by atoms with Gasteiger partial charge in [-0.1, -0.05) is 44.2 Å². The maximum atomic E-state index is 14.1. The minimum atomic E-state index is -4.36. The van der Waals surface area contributed by atoms with Gasteiger partial charge in [-0.25, -0.2) is 8.78 Å². The Balaban J connectivity index is 1.89. The van der Waals surface area contributed by atoms with Gasteiger partial charge in [-0.05, 0) is 47.9 Å². The molecule has 35 heavy (non-hydrogen) atoms. The van der Waals surface area contributed by atoms with E-state index in [2.05, 4.69) is 0 Å². The highest BCUT2D eigenvalue weighted by Gasteiger charge is 2.23. The lowest BCUT2D eigenvalue weighted by atomic mass is 10.1. The Labute approximate surface area is 204 Å². The van der Waals surface area contributed by atoms with Crippen molar-refractivity contribution in [3.8, 4) is 11.5 Å². The normalized spacial score (nSPS) is 11.4. The number of carbonyl (C=O) groups is 1. The second kappa shape index (κ2) is 11.3. The summed E-state index contributed by atoms with van der Waals surface area (Å²) in [6, 6.07) is 15.5. The minimum Gasteiger partial charge on any atom is -0.494 e. The Bertz CT molecular complexity index is 1280. The van der Waals surface area contributed by atoms with E-state index in [0.29, 0.717) is 5.56 Å². The number of para-hydroxylation sites is 1. The molecule has 0 aliphatic rings. The molecule has 186 valence electrons. The van der Waals surface area contributed by atoms with Gasteiger partial charge >= 0.3 is 10.1 Å². The number of methoxy groups -OCH3 is 1. The van der Waals surface area contributed by atoms with Gasteiger partial charge in [-0.3, -0.25) is 4.79 Å². The number of carbonyl (C=O) groups excluding carboxylic acids is 1. The molecule has 0 aliphatic carbocycles. The first-order valence-corrected chi connectivity index (χ1v) is 12.4. The first-order chi connectivity index (χ1) is 16.6. The number of benzene rings is 3. The van der Waals surface area contributed by atoms with Gasteiger partial charge in [0.25, 0.3) is 0 Å². The number of hydrogen-bond donors (Lipinski definition) is 0. The van der Waals surface area contributed by atoms with E-state index >= 15 is 0 Å². The van der Waals surface area contributed by atoms with Crippen molar-refractivity contribution in [3.63, 3.8) is 0 Å². The van der Waals surface area contributed by atoms with Crippen molar-refractivity contribution in [3.05, 3.63) is 89.5 Å². The van der Waals surface area contributed by atoms with Crippen molar-refractivity contribution in [2.24, 2.45) is 5.92 Å². The molecule has 0 N–H and O–H groups in total. The standard InChI is InChI=1S/C26H27F2NO5S/c1-18(2)14-26(30)29(16-19-8-10-21(27)11-9-19)17-20-6-4-5-7-24(20)34-35(31,32)22-12-13-25(33-3)23(28)15-22/h4-13,15,18H,14,16-17H2,1-3H3. The Morgan fingerprint density at radius 2 is 1.63 bits per heavy atom. The molecule has 0 spiro atoms. The second-order valence-electron chi connectivity index (χ2n) is 8.42. The fraction of sp³-hybridized carbons (Fsp3) is 0.269. The molecule has 6 nitrogen and oxygen atoms in total. The van der Waals surface area contributed by atoms with Crippen LogP contribution in [0.5, 0.6) is 11.5 Å². The summed E-state index contributed by atoms with van der Waals surface area (Å²) in [6.07, 6.45) is 0.285. The van der Waals surface area contributed by atoms with E-state index in [9.17, 15) is 22.0 Å². The average Bonchev–Trinajstić information content (AvgIpc) is 2.80. The van der Waals surface area contributed by atoms with E-state index in [1.165, 1.54) is 37.4 Å². The third-order valence-corrected chi connectivity index (χ3v) is 6.40. The van der Waals surface area contributed by atoms with Crippen LogP contribution in [0.3, 0.4) is 0 Å². The van der Waals surface area contributed by atoms with Gasteiger partial charge in [-0.15, -0.1) is 0 Å². The molecular weight excluding hydrogens is 476 g/mol. The van der Waals surface area contributed by atoms with Crippen molar-refractivity contribution in [1.82, 2.24) is 4.90 Å². The third-order valence-electron chi connectivity index (χ3n) is 5.17. The highest BCUT2D eigenvalue weighted by atomic mass is 32.2. The number of halogens is 2. The van der Waals surface area contributed by atoms with E-state index in [4.69, 9.17) is 8.92 Å². The summed E-state index contributed by atoms with van der Waals surface area (Å²) in [4.78, 5) is 14.2. The SMILES string of the molecule is COc1ccc(S(=O)(=O)Oc2ccccc2CN(Cc2ccc(F)cc2)C(=O)CC(C)C)cc1F. The highest BCUT2D eigenvalue weighted by Crippen LogP contribution is 2.27. The lowest BCUT2D eigenvalue weighted by Crippen LogP contribution is -2.31. The molecule has 0 radical (unpaired) electrons. The van der Waals surface area contributed by atoms with Gasteiger partial charge < -0.3 is 13.8 Å². The molecule has 9 heteroatoms. The molecule has 0 unspecified atom stereocenters. The van der Waals surface area contributed by atoms with Crippen LogP contribution in [0.25, 0.3) is 0 Å². The lowest BCUT2D eigenvalue weighted by Gasteiger charge is -2.25. The monoisotopic (exact) mass is 503 g/mol. The smallest absolute Gasteiger partial charge is 0.339 e. The predicted octanol–water partition coefficient (Wildman–Crippen LogP) is 5.32. The van der Waals surface area contributed by atoms with Crippen molar-refractivity contribution < 1.29 is 30.9 Å².